The van der Waals surface area contributed by atoms with Gasteiger partial charge in [-0.15, -0.1) is 0 Å². The molecule has 0 saturated carbocycles. The van der Waals surface area contributed by atoms with Crippen LogP contribution < -0.4 is 10.4 Å². The van der Waals surface area contributed by atoms with Gasteiger partial charge < -0.3 is 4.90 Å². The Morgan fingerprint density at radius 3 is 1.94 bits per heavy atom. The van der Waals surface area contributed by atoms with Crippen molar-refractivity contribution in [2.24, 2.45) is 0 Å². The number of carbonyl (C=O) groups is 2. The lowest BCUT2D eigenvalue weighted by atomic mass is 9.63. The molecule has 0 aromatic heterocycles. The van der Waals surface area contributed by atoms with Crippen LogP contribution in [0.2, 0.25) is 0 Å². The van der Waals surface area contributed by atoms with Crippen LogP contribution in [0.3, 0.4) is 0 Å². The highest BCUT2D eigenvalue weighted by atomic mass is 16.2. The van der Waals surface area contributed by atoms with E-state index in [9.17, 15) is 9.59 Å². The minimum atomic E-state index is -0.581. The summed E-state index contributed by atoms with van der Waals surface area (Å²) in [6.45, 7) is 0. The fraction of sp³-hybridized carbons (Fsp3) is 0.0222. The molecule has 7 aromatic rings. The molecule has 0 fully saturated rings. The summed E-state index contributed by atoms with van der Waals surface area (Å²) < 4.78 is 0. The average molecular weight is 624 g/mol. The van der Waals surface area contributed by atoms with Crippen LogP contribution in [0, 0.1) is 0 Å². The van der Waals surface area contributed by atoms with Crippen molar-refractivity contribution < 1.29 is 9.59 Å². The normalized spacial score (nSPS) is 15.7. The summed E-state index contributed by atoms with van der Waals surface area (Å²) in [4.78, 5) is 29.1. The summed E-state index contributed by atoms with van der Waals surface area (Å²) in [5.41, 5.74) is 12.4. The van der Waals surface area contributed by atoms with Crippen LogP contribution in [-0.4, -0.2) is 19.4 Å². The number of nitrogens with zero attached hydrogens (tertiary/aromatic N) is 1. The third-order valence-electron chi connectivity index (χ3n) is 10.5. The molecule has 1 aliphatic heterocycles. The third kappa shape index (κ3) is 3.69. The number of rotatable bonds is 2. The maximum Gasteiger partial charge on any atom is 0.197 e. The first kappa shape index (κ1) is 27.8. The van der Waals surface area contributed by atoms with Gasteiger partial charge in [-0.05, 0) is 80.6 Å². The fourth-order valence-electron chi connectivity index (χ4n) is 8.55. The van der Waals surface area contributed by atoms with Gasteiger partial charge >= 0.3 is 0 Å². The smallest absolute Gasteiger partial charge is 0.197 e. The van der Waals surface area contributed by atoms with Crippen LogP contribution in [-0.2, 0) is 5.41 Å². The number of hydrogen-bond donors (Lipinski definition) is 0. The van der Waals surface area contributed by atoms with Gasteiger partial charge in [-0.2, -0.15) is 0 Å². The van der Waals surface area contributed by atoms with Gasteiger partial charge in [0.05, 0.1) is 22.4 Å². The summed E-state index contributed by atoms with van der Waals surface area (Å²) in [6, 6.07) is 52.5. The van der Waals surface area contributed by atoms with Crippen molar-refractivity contribution in [3.8, 4) is 11.1 Å². The Bertz CT molecular complexity index is 2570. The first-order valence-corrected chi connectivity index (χ1v) is 16.5. The van der Waals surface area contributed by atoms with Crippen molar-refractivity contribution in [2.75, 3.05) is 4.90 Å². The number of Topliss-reactive ketones (excluding diaryl/α,β-unsaturated/α-hetero) is 2. The molecule has 49 heavy (non-hydrogen) atoms. The first-order valence-electron chi connectivity index (χ1n) is 16.5. The van der Waals surface area contributed by atoms with E-state index < -0.39 is 5.41 Å². The summed E-state index contributed by atoms with van der Waals surface area (Å²) in [6.07, 6.45) is 1.72. The van der Waals surface area contributed by atoms with E-state index in [-0.39, 0.29) is 17.1 Å². The van der Waals surface area contributed by atoms with Gasteiger partial charge in [0.15, 0.2) is 11.6 Å². The predicted octanol–water partition coefficient (Wildman–Crippen LogP) is 9.24. The molecule has 3 aliphatic rings. The van der Waals surface area contributed by atoms with E-state index in [1.54, 1.807) is 24.3 Å². The Hall–Kier alpha value is -6.26. The fourth-order valence-corrected chi connectivity index (χ4v) is 8.55. The molecule has 1 heterocycles. The molecule has 0 amide bonds. The van der Waals surface area contributed by atoms with E-state index in [0.29, 0.717) is 16.6 Å². The van der Waals surface area contributed by atoms with Crippen molar-refractivity contribution >= 4 is 58.8 Å². The van der Waals surface area contributed by atoms with E-state index in [2.05, 4.69) is 132 Å². The Morgan fingerprint density at radius 2 is 1.18 bits per heavy atom. The van der Waals surface area contributed by atoms with Gasteiger partial charge in [0.2, 0.25) is 0 Å². The molecule has 0 atom stereocenters. The molecule has 226 valence electrons. The predicted molar refractivity (Wildman–Crippen MR) is 198 cm³/mol. The van der Waals surface area contributed by atoms with Crippen LogP contribution in [0.4, 0.5) is 17.1 Å². The van der Waals surface area contributed by atoms with E-state index in [1.807, 2.05) is 6.07 Å². The van der Waals surface area contributed by atoms with Gasteiger partial charge in [0.25, 0.3) is 0 Å². The van der Waals surface area contributed by atoms with Crippen molar-refractivity contribution in [3.63, 3.8) is 0 Å². The van der Waals surface area contributed by atoms with E-state index in [0.717, 1.165) is 33.4 Å². The molecule has 4 heteroatoms. The quantitative estimate of drug-likeness (QED) is 0.109. The molecule has 7 aromatic carbocycles. The lowest BCUT2D eigenvalue weighted by molar-refractivity contribution is 0.0990. The topological polar surface area (TPSA) is 37.4 Å². The molecule has 10 rings (SSSR count). The largest absolute Gasteiger partial charge is 0.310 e. The summed E-state index contributed by atoms with van der Waals surface area (Å²) >= 11 is 0. The Labute approximate surface area is 285 Å². The van der Waals surface area contributed by atoms with Gasteiger partial charge in [-0.25, -0.2) is 0 Å². The van der Waals surface area contributed by atoms with E-state index in [4.69, 9.17) is 7.85 Å². The number of carbonyl (C=O) groups excluding carboxylic acids is 2. The SMILES string of the molecule is [B]c1ccc2c(c1)C(=O)/C(=C\c1ccc3c4c(ccc3c1)N(c1ccccc1)c1ccccc1C41c3ccccc3-c3ccccc31)C2=O. The zero-order valence-electron chi connectivity index (χ0n) is 26.4. The molecule has 3 nitrogen and oxygen atoms in total. The van der Waals surface area contributed by atoms with E-state index >= 15 is 0 Å². The van der Waals surface area contributed by atoms with Crippen LogP contribution >= 0.6 is 0 Å². The lowest BCUT2D eigenvalue weighted by Crippen LogP contribution is -2.36. The molecule has 0 saturated heterocycles. The second-order valence-electron chi connectivity index (χ2n) is 13.0. The highest BCUT2D eigenvalue weighted by Gasteiger charge is 2.52. The molecule has 0 unspecified atom stereocenters. The zero-order valence-corrected chi connectivity index (χ0v) is 26.4. The Kier molecular flexibility index (Phi) is 5.75. The Morgan fingerprint density at radius 1 is 0.531 bits per heavy atom. The highest BCUT2D eigenvalue weighted by molar-refractivity contribution is 6.43. The maximum absolute atomic E-state index is 13.4. The maximum atomic E-state index is 13.4. The lowest BCUT2D eigenvalue weighted by Gasteiger charge is -2.45. The van der Waals surface area contributed by atoms with Gasteiger partial charge in [-0.3, -0.25) is 9.59 Å². The molecule has 0 N–H and O–H groups in total. The number of allylic oxidation sites excluding steroid dienone is 1. The molecule has 1 spiro atoms. The van der Waals surface area contributed by atoms with Crippen molar-refractivity contribution in [2.45, 2.75) is 5.41 Å². The average Bonchev–Trinajstić information content (AvgIpc) is 3.56. The minimum absolute atomic E-state index is 0.164. The van der Waals surface area contributed by atoms with Crippen LogP contribution in [0.15, 0.2) is 157 Å². The van der Waals surface area contributed by atoms with Crippen molar-refractivity contribution in [3.05, 3.63) is 196 Å². The second kappa shape index (κ2) is 10.1. The summed E-state index contributed by atoms with van der Waals surface area (Å²) in [5, 5.41) is 2.14. The number of fused-ring (bicyclic) bond motifs is 12. The Balaban J connectivity index is 1.27. The zero-order chi connectivity index (χ0) is 32.9. The number of benzene rings is 7. The molecule has 0 bridgehead atoms. The molecular weight excluding hydrogens is 597 g/mol. The number of ketones is 2. The monoisotopic (exact) mass is 623 g/mol. The van der Waals surface area contributed by atoms with Crippen molar-refractivity contribution in [1.82, 2.24) is 0 Å². The molecule has 2 aliphatic carbocycles. The van der Waals surface area contributed by atoms with Gasteiger partial charge in [0, 0.05) is 22.4 Å². The van der Waals surface area contributed by atoms with E-state index in [1.165, 1.54) is 33.4 Å². The molecular formula is C45H26BNO2. The first-order chi connectivity index (χ1) is 24.1. The number of hydrogen-bond acceptors (Lipinski definition) is 3. The van der Waals surface area contributed by atoms with Crippen LogP contribution in [0.5, 0.6) is 0 Å². The van der Waals surface area contributed by atoms with Gasteiger partial charge in [0.1, 0.15) is 7.85 Å². The third-order valence-corrected chi connectivity index (χ3v) is 10.5. The molecule has 2 radical (unpaired) electrons. The minimum Gasteiger partial charge on any atom is -0.310 e. The highest BCUT2D eigenvalue weighted by Crippen LogP contribution is 2.64. The summed E-state index contributed by atoms with van der Waals surface area (Å²) in [5.74, 6) is -0.551. The number of anilines is 3. The van der Waals surface area contributed by atoms with Crippen LogP contribution in [0.1, 0.15) is 48.5 Å². The van der Waals surface area contributed by atoms with Gasteiger partial charge in [-0.1, -0.05) is 127 Å². The summed E-state index contributed by atoms with van der Waals surface area (Å²) in [7, 11) is 5.95. The van der Waals surface area contributed by atoms with Crippen LogP contribution in [0.25, 0.3) is 28.0 Å². The second-order valence-corrected chi connectivity index (χ2v) is 13.0. The standard InChI is InChI=1S/C45H26BNO2/c46-29-20-22-34-35(26-29)44(49)36(43(34)48)25-27-18-21-31-28(24-27)19-23-41-42(31)45(37-14-6-4-12-32(37)33-13-5-7-15-38(33)45)39-16-8-9-17-40(39)47(41)30-10-2-1-3-11-30/h1-26H/b36-25-. The number of para-hydroxylation sites is 2. The van der Waals surface area contributed by atoms with Crippen molar-refractivity contribution in [1.29, 1.82) is 0 Å².